The number of halogens is 7. The number of aryl methyl sites for hydroxylation is 1. The number of carbonyl (C=O) groups is 4. The summed E-state index contributed by atoms with van der Waals surface area (Å²) in [6, 6.07) is 15.1. The van der Waals surface area contributed by atoms with Crippen LogP contribution < -0.4 is 29.9 Å². The molecule has 3 aromatic carbocycles. The van der Waals surface area contributed by atoms with Crippen LogP contribution in [-0.4, -0.2) is 87.6 Å². The Morgan fingerprint density at radius 1 is 0.948 bits per heavy atom. The Balaban J connectivity index is 0.869. The molecule has 15 nitrogen and oxygen atoms in total. The van der Waals surface area contributed by atoms with Crippen molar-refractivity contribution in [2.75, 3.05) is 36.2 Å². The van der Waals surface area contributed by atoms with Crippen molar-refractivity contribution in [3.8, 4) is 33.9 Å². The lowest BCUT2D eigenvalue weighted by Crippen LogP contribution is -2.58. The van der Waals surface area contributed by atoms with Gasteiger partial charge in [-0.3, -0.25) is 24.1 Å². The van der Waals surface area contributed by atoms with Crippen LogP contribution >= 0.6 is 23.6 Å². The van der Waals surface area contributed by atoms with E-state index >= 15 is 4.39 Å². The number of hydrogen-bond acceptors (Lipinski definition) is 12. The monoisotopic (exact) mass is 1110 g/mol. The Labute approximate surface area is 448 Å². The topological polar surface area (TPSA) is 179 Å². The number of likely N-dealkylation sites (tertiary alicyclic amines) is 1. The van der Waals surface area contributed by atoms with E-state index in [1.54, 1.807) is 16.8 Å². The zero-order valence-corrected chi connectivity index (χ0v) is 44.2. The van der Waals surface area contributed by atoms with Crippen LogP contribution in [0.2, 0.25) is 0 Å². The predicted molar refractivity (Wildman–Crippen MR) is 274 cm³/mol. The molecule has 0 saturated carbocycles. The second kappa shape index (κ2) is 23.2. The number of benzene rings is 3. The van der Waals surface area contributed by atoms with Crippen molar-refractivity contribution in [2.24, 2.45) is 5.41 Å². The number of aromatic nitrogens is 2. The number of nitrogens with zero attached hydrogens (tertiary/aromatic N) is 6. The second-order valence-electron chi connectivity index (χ2n) is 19.7. The van der Waals surface area contributed by atoms with E-state index in [4.69, 9.17) is 26.4 Å². The average molecular weight is 1110 g/mol. The van der Waals surface area contributed by atoms with Gasteiger partial charge in [-0.25, -0.2) is 14.4 Å². The van der Waals surface area contributed by atoms with E-state index in [9.17, 15) is 50.8 Å². The molecule has 2 aliphatic rings. The van der Waals surface area contributed by atoms with E-state index in [0.717, 1.165) is 38.9 Å². The first kappa shape index (κ1) is 57.5. The molecule has 0 spiro atoms. The third-order valence-electron chi connectivity index (χ3n) is 12.7. The number of amides is 4. The summed E-state index contributed by atoms with van der Waals surface area (Å²) in [5.41, 5.74) is -3.63. The smallest absolute Gasteiger partial charge is 0.421 e. The van der Waals surface area contributed by atoms with Crippen LogP contribution in [0.3, 0.4) is 0 Å². The van der Waals surface area contributed by atoms with E-state index in [1.165, 1.54) is 49.1 Å². The lowest BCUT2D eigenvalue weighted by molar-refractivity contribution is -0.144. The van der Waals surface area contributed by atoms with Crippen LogP contribution in [0.1, 0.15) is 88.2 Å². The van der Waals surface area contributed by atoms with Crippen LogP contribution in [0.15, 0.2) is 78.4 Å². The van der Waals surface area contributed by atoms with Gasteiger partial charge in [0, 0.05) is 19.7 Å². The Morgan fingerprint density at radius 2 is 1.62 bits per heavy atom. The van der Waals surface area contributed by atoms with E-state index in [1.807, 2.05) is 52.0 Å². The first-order valence-electron chi connectivity index (χ1n) is 24.1. The fourth-order valence-electron chi connectivity index (χ4n) is 8.75. The van der Waals surface area contributed by atoms with Crippen molar-refractivity contribution < 1.29 is 64.1 Å². The van der Waals surface area contributed by atoms with Crippen molar-refractivity contribution in [1.29, 1.82) is 5.26 Å². The molecule has 2 saturated heterocycles. The number of pyridine rings is 1. The van der Waals surface area contributed by atoms with Crippen molar-refractivity contribution in [3.05, 3.63) is 112 Å². The number of rotatable bonds is 18. The van der Waals surface area contributed by atoms with Gasteiger partial charge in [0.1, 0.15) is 46.9 Å². The summed E-state index contributed by atoms with van der Waals surface area (Å²) in [7, 11) is 0. The van der Waals surface area contributed by atoms with Crippen LogP contribution in [0, 0.1) is 29.5 Å². The first-order valence-corrected chi connectivity index (χ1v) is 25.4. The molecule has 0 aliphatic carbocycles. The van der Waals surface area contributed by atoms with Gasteiger partial charge in [0.05, 0.1) is 51.9 Å². The molecule has 77 heavy (non-hydrogen) atoms. The highest BCUT2D eigenvalue weighted by Crippen LogP contribution is 2.45. The molecule has 0 radical (unpaired) electrons. The van der Waals surface area contributed by atoms with Crippen LogP contribution in [0.4, 0.5) is 42.1 Å². The summed E-state index contributed by atoms with van der Waals surface area (Å²) < 4.78 is 117. The number of thiocarbonyl (C=S) groups is 1. The number of nitriles is 1. The maximum Gasteiger partial charge on any atom is 0.421 e. The third kappa shape index (κ3) is 13.0. The number of thiazole rings is 1. The van der Waals surface area contributed by atoms with Crippen LogP contribution in [0.25, 0.3) is 10.4 Å². The minimum absolute atomic E-state index is 0.0673. The lowest BCUT2D eigenvalue weighted by atomic mass is 9.85. The van der Waals surface area contributed by atoms with Gasteiger partial charge in [-0.1, -0.05) is 45.0 Å². The van der Waals surface area contributed by atoms with Gasteiger partial charge in [0.2, 0.25) is 23.6 Å². The number of nitrogens with one attached hydrogen (secondary N) is 2. The Bertz CT molecular complexity index is 3070. The van der Waals surface area contributed by atoms with Gasteiger partial charge in [-0.2, -0.15) is 31.6 Å². The van der Waals surface area contributed by atoms with E-state index in [-0.39, 0.29) is 43.9 Å². The van der Waals surface area contributed by atoms with Crippen molar-refractivity contribution in [2.45, 2.75) is 104 Å². The number of ether oxygens (including phenoxy) is 3. The van der Waals surface area contributed by atoms with Gasteiger partial charge >= 0.3 is 12.4 Å². The molecule has 4 heterocycles. The summed E-state index contributed by atoms with van der Waals surface area (Å²) in [4.78, 5) is 66.2. The highest BCUT2D eigenvalue weighted by molar-refractivity contribution is 7.81. The fraction of sp³-hybridized carbons (Fsp3) is 0.396. The number of unbranched alkanes of at least 4 members (excludes halogenated alkanes) is 1. The summed E-state index contributed by atoms with van der Waals surface area (Å²) in [6.45, 7) is 10.6. The van der Waals surface area contributed by atoms with Crippen molar-refractivity contribution >= 4 is 63.7 Å². The van der Waals surface area contributed by atoms with Gasteiger partial charge in [0.15, 0.2) is 10.9 Å². The van der Waals surface area contributed by atoms with Crippen LogP contribution in [-0.2, 0) is 42.8 Å². The highest BCUT2D eigenvalue weighted by Gasteiger charge is 2.53. The highest BCUT2D eigenvalue weighted by atomic mass is 32.1. The molecule has 408 valence electrons. The zero-order valence-electron chi connectivity index (χ0n) is 42.5. The first-order chi connectivity index (χ1) is 36.2. The largest absolute Gasteiger partial charge is 0.494 e. The molecule has 24 heteroatoms. The Kier molecular flexibility index (Phi) is 17.3. The summed E-state index contributed by atoms with van der Waals surface area (Å²) in [5.74, 6) is -4.78. The summed E-state index contributed by atoms with van der Waals surface area (Å²) >= 11 is 6.92. The van der Waals surface area contributed by atoms with E-state index in [0.29, 0.717) is 55.0 Å². The molecule has 2 atom stereocenters. The number of carbonyl (C=O) groups excluding carboxylic acids is 4. The minimum atomic E-state index is -5.34. The molecule has 0 unspecified atom stereocenters. The molecule has 2 aliphatic heterocycles. The molecular formula is C53H53F7N8O7S2. The quantitative estimate of drug-likeness (QED) is 0.0483. The normalized spacial score (nSPS) is 16.1. The summed E-state index contributed by atoms with van der Waals surface area (Å²) in [5, 5.41) is 14.3. The minimum Gasteiger partial charge on any atom is -0.494 e. The van der Waals surface area contributed by atoms with Crippen LogP contribution in [0.5, 0.6) is 17.4 Å². The lowest BCUT2D eigenvalue weighted by Gasteiger charge is -2.35. The van der Waals surface area contributed by atoms with E-state index < -0.39 is 92.1 Å². The standard InChI is InChI=1S/C53H53F7N8O7S2/c1-30-43(77-29-64-30)32-13-11-31(12-14-32)26-62-45(70)39-10-9-21-66(39)47(71)44(50(2,3)4)65-40(69)28-73-22-7-8-23-74-35-16-18-36(19-17-35)75-46-37(52(55,56)57)24-34(27-63-46)68-49(76)67(48(72)51(68,5)6)38-20-15-33(25-61)41(42(38)54)53(58,59)60/h11-20,24,27,29,39,44H,7-10,21-23,26,28H2,1-6H3,(H,62,70)(H,65,69)/t39-,44+/m0/s1. The molecule has 2 fully saturated rings. The Morgan fingerprint density at radius 3 is 2.25 bits per heavy atom. The van der Waals surface area contributed by atoms with Crippen molar-refractivity contribution in [3.63, 3.8) is 0 Å². The molecule has 7 rings (SSSR count). The van der Waals surface area contributed by atoms with Gasteiger partial charge in [0.25, 0.3) is 5.91 Å². The molecule has 0 bridgehead atoms. The maximum absolute atomic E-state index is 15.5. The zero-order chi connectivity index (χ0) is 56.2. The molecular weight excluding hydrogens is 1060 g/mol. The third-order valence-corrected chi connectivity index (χ3v) is 14.1. The molecule has 4 amide bonds. The van der Waals surface area contributed by atoms with Gasteiger partial charge in [-0.15, -0.1) is 11.3 Å². The second-order valence-corrected chi connectivity index (χ2v) is 20.9. The van der Waals surface area contributed by atoms with Gasteiger partial charge < -0.3 is 34.6 Å². The molecule has 2 N–H and O–H groups in total. The summed E-state index contributed by atoms with van der Waals surface area (Å²) in [6.07, 6.45) is -7.43. The molecule has 5 aromatic rings. The van der Waals surface area contributed by atoms with E-state index in [2.05, 4.69) is 20.6 Å². The van der Waals surface area contributed by atoms with Crippen molar-refractivity contribution in [1.82, 2.24) is 25.5 Å². The number of alkyl halides is 6. The SMILES string of the molecule is Cc1ncsc1-c1ccc(CNC(=O)[C@@H]2CCCN2C(=O)[C@@H](NC(=O)COCCCCOc2ccc(Oc3ncc(N4C(=S)N(c5ccc(C#N)c(C(F)(F)F)c5F)C(=O)C4(C)C)cc3C(F)(F)F)cc2)C(C)(C)C)cc1. The Hall–Kier alpha value is -7.23. The predicted octanol–water partition coefficient (Wildman–Crippen LogP) is 10.3. The number of hydrogen-bond donors (Lipinski definition) is 2. The number of anilines is 2. The molecule has 2 aromatic heterocycles. The average Bonchev–Trinajstić information content (AvgIpc) is 4.19. The van der Waals surface area contributed by atoms with Gasteiger partial charge in [-0.05, 0) is 118 Å². The fourth-order valence-corrected chi connectivity index (χ4v) is 10.1. The maximum atomic E-state index is 15.5.